The van der Waals surface area contributed by atoms with Crippen molar-refractivity contribution in [1.82, 2.24) is 5.32 Å². The molecule has 1 aromatic rings. The molecule has 2 aliphatic rings. The van der Waals surface area contributed by atoms with Gasteiger partial charge in [0.2, 0.25) is 0 Å². The highest BCUT2D eigenvalue weighted by Crippen LogP contribution is 2.43. The van der Waals surface area contributed by atoms with Crippen molar-refractivity contribution < 1.29 is 14.3 Å². The summed E-state index contributed by atoms with van der Waals surface area (Å²) in [6, 6.07) is 7.98. The summed E-state index contributed by atoms with van der Waals surface area (Å²) in [6.07, 6.45) is 1.26. The lowest BCUT2D eigenvalue weighted by Crippen LogP contribution is -2.39. The number of amides is 1. The molecule has 0 saturated carbocycles. The van der Waals surface area contributed by atoms with Crippen LogP contribution in [-0.4, -0.2) is 49.9 Å². The van der Waals surface area contributed by atoms with Crippen LogP contribution in [0.1, 0.15) is 26.9 Å². The smallest absolute Gasteiger partial charge is 0.251 e. The van der Waals surface area contributed by atoms with Gasteiger partial charge in [0, 0.05) is 12.1 Å². The Bertz CT molecular complexity index is 483. The number of thioether (sulfide) groups is 2. The highest BCUT2D eigenvalue weighted by Gasteiger charge is 2.18. The normalized spacial score (nSPS) is 23.2. The van der Waals surface area contributed by atoms with Crippen molar-refractivity contribution >= 4 is 29.4 Å². The van der Waals surface area contributed by atoms with Crippen LogP contribution in [0.5, 0.6) is 0 Å². The largest absolute Gasteiger partial charge is 0.376 e. The second-order valence-corrected chi connectivity index (χ2v) is 8.05. The molecule has 0 aromatic heterocycles. The van der Waals surface area contributed by atoms with Gasteiger partial charge in [-0.25, -0.2) is 0 Å². The molecule has 0 spiro atoms. The average Bonchev–Trinajstić information content (AvgIpc) is 2.61. The average molecular weight is 339 g/mol. The number of carbonyl (C=O) groups excluding carboxylic acids is 1. The predicted octanol–water partition coefficient (Wildman–Crippen LogP) is 2.70. The summed E-state index contributed by atoms with van der Waals surface area (Å²) in [5.74, 6) is 2.40. The Labute approximate surface area is 139 Å². The van der Waals surface area contributed by atoms with Crippen LogP contribution in [0.15, 0.2) is 24.3 Å². The lowest BCUT2D eigenvalue weighted by Gasteiger charge is -2.23. The number of rotatable bonds is 4. The van der Waals surface area contributed by atoms with E-state index in [0.29, 0.717) is 36.5 Å². The van der Waals surface area contributed by atoms with E-state index in [9.17, 15) is 4.79 Å². The van der Waals surface area contributed by atoms with E-state index in [2.05, 4.69) is 17.4 Å². The number of ether oxygens (including phenoxy) is 2. The van der Waals surface area contributed by atoms with Gasteiger partial charge in [-0.3, -0.25) is 4.79 Å². The van der Waals surface area contributed by atoms with Gasteiger partial charge in [-0.15, -0.1) is 23.5 Å². The minimum atomic E-state index is -0.0512. The number of carbonyl (C=O) groups is 1. The molecule has 0 aliphatic carbocycles. The number of hydrogen-bond donors (Lipinski definition) is 1. The zero-order valence-electron chi connectivity index (χ0n) is 12.5. The quantitative estimate of drug-likeness (QED) is 0.914. The Morgan fingerprint density at radius 2 is 1.95 bits per heavy atom. The molecule has 0 radical (unpaired) electrons. The fourth-order valence-electron chi connectivity index (χ4n) is 2.43. The Balaban J connectivity index is 1.51. The van der Waals surface area contributed by atoms with Crippen molar-refractivity contribution in [3.05, 3.63) is 35.4 Å². The molecule has 1 aromatic carbocycles. The van der Waals surface area contributed by atoms with Crippen molar-refractivity contribution in [2.75, 3.05) is 37.9 Å². The molecular weight excluding hydrogens is 318 g/mol. The van der Waals surface area contributed by atoms with Crippen LogP contribution in [0.4, 0.5) is 0 Å². The summed E-state index contributed by atoms with van der Waals surface area (Å²) in [5, 5.41) is 2.91. The first-order chi connectivity index (χ1) is 10.8. The minimum Gasteiger partial charge on any atom is -0.376 e. The molecule has 3 rings (SSSR count). The molecular formula is C16H21NO3S2. The standard InChI is InChI=1S/C16H21NO3S2/c18-15(17-10-14-11-19-6-7-20-14)12-2-4-13(5-3-12)16-21-8-1-9-22-16/h2-5,14,16H,1,6-11H2,(H,17,18). The number of nitrogens with one attached hydrogen (secondary N) is 1. The lowest BCUT2D eigenvalue weighted by molar-refractivity contribution is -0.0855. The topological polar surface area (TPSA) is 47.6 Å². The Hall–Kier alpha value is -0.690. The molecule has 4 nitrogen and oxygen atoms in total. The van der Waals surface area contributed by atoms with Gasteiger partial charge in [-0.05, 0) is 35.6 Å². The highest BCUT2D eigenvalue weighted by atomic mass is 32.2. The van der Waals surface area contributed by atoms with E-state index in [1.165, 1.54) is 23.5 Å². The van der Waals surface area contributed by atoms with Crippen LogP contribution >= 0.6 is 23.5 Å². The molecule has 1 unspecified atom stereocenters. The molecule has 6 heteroatoms. The van der Waals surface area contributed by atoms with Gasteiger partial charge in [0.1, 0.15) is 0 Å². The van der Waals surface area contributed by atoms with Crippen LogP contribution < -0.4 is 5.32 Å². The first-order valence-electron chi connectivity index (χ1n) is 7.63. The van der Waals surface area contributed by atoms with E-state index in [0.717, 1.165) is 0 Å². The SMILES string of the molecule is O=C(NCC1COCCO1)c1ccc(C2SCCCS2)cc1. The Morgan fingerprint density at radius 1 is 1.18 bits per heavy atom. The molecule has 2 aliphatic heterocycles. The maximum atomic E-state index is 12.2. The molecule has 2 saturated heterocycles. The molecule has 2 fully saturated rings. The van der Waals surface area contributed by atoms with Gasteiger partial charge in [0.25, 0.3) is 5.91 Å². The van der Waals surface area contributed by atoms with E-state index < -0.39 is 0 Å². The maximum absolute atomic E-state index is 12.2. The molecule has 2 heterocycles. The Morgan fingerprint density at radius 3 is 2.64 bits per heavy atom. The van der Waals surface area contributed by atoms with Crippen molar-refractivity contribution in [3.63, 3.8) is 0 Å². The minimum absolute atomic E-state index is 0.0352. The van der Waals surface area contributed by atoms with Gasteiger partial charge in [-0.1, -0.05) is 12.1 Å². The van der Waals surface area contributed by atoms with E-state index >= 15 is 0 Å². The second kappa shape index (κ2) is 8.24. The van der Waals surface area contributed by atoms with Gasteiger partial charge >= 0.3 is 0 Å². The second-order valence-electron chi connectivity index (χ2n) is 5.33. The molecule has 0 bridgehead atoms. The van der Waals surface area contributed by atoms with Crippen molar-refractivity contribution in [1.29, 1.82) is 0 Å². The summed E-state index contributed by atoms with van der Waals surface area (Å²) in [6.45, 7) is 2.29. The van der Waals surface area contributed by atoms with E-state index in [-0.39, 0.29) is 12.0 Å². The van der Waals surface area contributed by atoms with Gasteiger partial charge in [-0.2, -0.15) is 0 Å². The first kappa shape index (κ1) is 16.2. The van der Waals surface area contributed by atoms with E-state index in [1.807, 2.05) is 35.7 Å². The summed E-state index contributed by atoms with van der Waals surface area (Å²) >= 11 is 3.98. The molecule has 1 N–H and O–H groups in total. The third-order valence-corrected chi connectivity index (χ3v) is 6.66. The summed E-state index contributed by atoms with van der Waals surface area (Å²) in [5.41, 5.74) is 2.00. The molecule has 22 heavy (non-hydrogen) atoms. The lowest BCUT2D eigenvalue weighted by atomic mass is 10.1. The van der Waals surface area contributed by atoms with Gasteiger partial charge < -0.3 is 14.8 Å². The van der Waals surface area contributed by atoms with Crippen molar-refractivity contribution in [3.8, 4) is 0 Å². The predicted molar refractivity (Wildman–Crippen MR) is 91.6 cm³/mol. The zero-order chi connectivity index (χ0) is 15.2. The van der Waals surface area contributed by atoms with Gasteiger partial charge in [0.05, 0.1) is 30.5 Å². The van der Waals surface area contributed by atoms with Crippen LogP contribution in [0.2, 0.25) is 0 Å². The van der Waals surface area contributed by atoms with Crippen LogP contribution in [0, 0.1) is 0 Å². The van der Waals surface area contributed by atoms with Crippen LogP contribution in [-0.2, 0) is 9.47 Å². The summed E-state index contributed by atoms with van der Waals surface area (Å²) < 4.78 is 11.4. The van der Waals surface area contributed by atoms with Gasteiger partial charge in [0.15, 0.2) is 0 Å². The van der Waals surface area contributed by atoms with Crippen LogP contribution in [0.25, 0.3) is 0 Å². The summed E-state index contributed by atoms with van der Waals surface area (Å²) in [7, 11) is 0. The highest BCUT2D eigenvalue weighted by molar-refractivity contribution is 8.16. The molecule has 120 valence electrons. The number of hydrogen-bond acceptors (Lipinski definition) is 5. The van der Waals surface area contributed by atoms with Crippen molar-refractivity contribution in [2.45, 2.75) is 17.1 Å². The van der Waals surface area contributed by atoms with E-state index in [1.54, 1.807) is 0 Å². The molecule has 1 amide bonds. The van der Waals surface area contributed by atoms with Crippen molar-refractivity contribution in [2.24, 2.45) is 0 Å². The third kappa shape index (κ3) is 4.41. The fraction of sp³-hybridized carbons (Fsp3) is 0.562. The zero-order valence-corrected chi connectivity index (χ0v) is 14.1. The molecule has 1 atom stereocenters. The summed E-state index contributed by atoms with van der Waals surface area (Å²) in [4.78, 5) is 12.2. The van der Waals surface area contributed by atoms with Crippen LogP contribution in [0.3, 0.4) is 0 Å². The number of benzene rings is 1. The van der Waals surface area contributed by atoms with E-state index in [4.69, 9.17) is 9.47 Å². The first-order valence-corrected chi connectivity index (χ1v) is 9.73. The Kier molecular flexibility index (Phi) is 6.06. The fourth-order valence-corrected chi connectivity index (χ4v) is 5.33. The third-order valence-electron chi connectivity index (χ3n) is 3.65. The monoisotopic (exact) mass is 339 g/mol. The maximum Gasteiger partial charge on any atom is 0.251 e.